The predicted octanol–water partition coefficient (Wildman–Crippen LogP) is 3.25. The quantitative estimate of drug-likeness (QED) is 0.322. The molecule has 0 N–H and O–H groups in total. The highest BCUT2D eigenvalue weighted by molar-refractivity contribution is 5.91. The van der Waals surface area contributed by atoms with E-state index in [1.54, 1.807) is 54.6 Å². The second kappa shape index (κ2) is 7.66. The number of carbonyl (C=O) groups excluding carboxylic acids is 1. The minimum absolute atomic E-state index is 0.202. The molecule has 1 fully saturated rings. The van der Waals surface area contributed by atoms with Crippen LogP contribution in [0.25, 0.3) is 0 Å². The topological polar surface area (TPSA) is 57.3 Å². The minimum atomic E-state index is -0.424. The first-order valence-corrected chi connectivity index (χ1v) is 7.65. The fourth-order valence-corrected chi connectivity index (χ4v) is 1.97. The number of ether oxygens (including phenoxy) is 4. The molecule has 1 atom stereocenters. The van der Waals surface area contributed by atoms with Crippen molar-refractivity contribution in [2.75, 3.05) is 19.8 Å². The molecule has 124 valence electrons. The van der Waals surface area contributed by atoms with Gasteiger partial charge in [0.05, 0.1) is 12.2 Å². The van der Waals surface area contributed by atoms with Crippen molar-refractivity contribution in [2.24, 2.45) is 0 Å². The fraction of sp³-hybridized carbons (Fsp3) is 0.211. The Kier molecular flexibility index (Phi) is 5.13. The summed E-state index contributed by atoms with van der Waals surface area (Å²) < 4.78 is 21.3. The molecule has 0 saturated carbocycles. The number of benzene rings is 2. The Morgan fingerprint density at radius 2 is 1.62 bits per heavy atom. The first kappa shape index (κ1) is 16.1. The van der Waals surface area contributed by atoms with Crippen LogP contribution in [0.3, 0.4) is 0 Å². The van der Waals surface area contributed by atoms with Crippen LogP contribution in [0.15, 0.2) is 61.2 Å². The molecule has 0 radical (unpaired) electrons. The number of esters is 1. The van der Waals surface area contributed by atoms with Crippen LogP contribution >= 0.6 is 0 Å². The van der Waals surface area contributed by atoms with Crippen LogP contribution < -0.4 is 14.2 Å². The van der Waals surface area contributed by atoms with E-state index >= 15 is 0 Å². The van der Waals surface area contributed by atoms with Crippen LogP contribution in [-0.4, -0.2) is 31.9 Å². The van der Waals surface area contributed by atoms with Gasteiger partial charge in [0, 0.05) is 0 Å². The highest BCUT2D eigenvalue weighted by atomic mass is 16.6. The average molecular weight is 326 g/mol. The summed E-state index contributed by atoms with van der Waals surface area (Å²) in [5.41, 5.74) is 0.456. The van der Waals surface area contributed by atoms with Crippen LogP contribution in [-0.2, 0) is 4.74 Å². The summed E-state index contributed by atoms with van der Waals surface area (Å²) in [6.45, 7) is 5.30. The molecule has 0 bridgehead atoms. The van der Waals surface area contributed by atoms with Gasteiger partial charge in [-0.15, -0.1) is 0 Å². The Hall–Kier alpha value is -2.79. The molecular formula is C19H18O5. The van der Waals surface area contributed by atoms with E-state index in [9.17, 15) is 4.79 Å². The van der Waals surface area contributed by atoms with E-state index < -0.39 is 5.97 Å². The van der Waals surface area contributed by atoms with Crippen molar-refractivity contribution in [2.45, 2.75) is 6.10 Å². The molecule has 1 unspecified atom stereocenters. The molecule has 0 aliphatic carbocycles. The lowest BCUT2D eigenvalue weighted by Gasteiger charge is -2.07. The predicted molar refractivity (Wildman–Crippen MR) is 88.8 cm³/mol. The maximum atomic E-state index is 12.1. The van der Waals surface area contributed by atoms with E-state index in [1.807, 2.05) is 0 Å². The molecule has 1 saturated heterocycles. The van der Waals surface area contributed by atoms with Crippen molar-refractivity contribution >= 4 is 5.97 Å². The van der Waals surface area contributed by atoms with Gasteiger partial charge in [0.2, 0.25) is 0 Å². The first-order valence-electron chi connectivity index (χ1n) is 7.65. The summed E-state index contributed by atoms with van der Waals surface area (Å²) >= 11 is 0. The van der Waals surface area contributed by atoms with E-state index in [1.165, 1.54) is 0 Å². The maximum Gasteiger partial charge on any atom is 0.343 e. The SMILES string of the molecule is C=CCOc1ccc(OC(=O)c2ccc(OCC3CO3)cc2)cc1. The standard InChI is InChI=1S/C19H18O5/c1-2-11-21-15-7-9-17(10-8-15)24-19(20)14-3-5-16(6-4-14)22-12-18-13-23-18/h2-10,18H,1,11-13H2. The molecule has 0 aromatic heterocycles. The summed E-state index contributed by atoms with van der Waals surface area (Å²) in [5.74, 6) is 1.42. The maximum absolute atomic E-state index is 12.1. The number of rotatable bonds is 8. The van der Waals surface area contributed by atoms with Gasteiger partial charge in [-0.25, -0.2) is 4.79 Å². The molecule has 5 heteroatoms. The van der Waals surface area contributed by atoms with E-state index in [2.05, 4.69) is 6.58 Å². The zero-order valence-electron chi connectivity index (χ0n) is 13.1. The molecule has 0 amide bonds. The second-order valence-corrected chi connectivity index (χ2v) is 5.25. The van der Waals surface area contributed by atoms with Gasteiger partial charge >= 0.3 is 5.97 Å². The van der Waals surface area contributed by atoms with Crippen molar-refractivity contribution in [3.8, 4) is 17.2 Å². The first-order chi connectivity index (χ1) is 11.7. The molecule has 0 spiro atoms. The van der Waals surface area contributed by atoms with Gasteiger partial charge in [-0.05, 0) is 48.5 Å². The average Bonchev–Trinajstić information content (AvgIpc) is 3.44. The number of carbonyl (C=O) groups is 1. The van der Waals surface area contributed by atoms with Gasteiger partial charge in [0.1, 0.15) is 36.6 Å². The van der Waals surface area contributed by atoms with Crippen molar-refractivity contribution in [3.05, 3.63) is 66.7 Å². The van der Waals surface area contributed by atoms with Crippen LogP contribution in [0, 0.1) is 0 Å². The molecule has 24 heavy (non-hydrogen) atoms. The molecule has 1 heterocycles. The third-order valence-electron chi connectivity index (χ3n) is 3.33. The monoisotopic (exact) mass is 326 g/mol. The third kappa shape index (κ3) is 4.60. The molecular weight excluding hydrogens is 308 g/mol. The van der Waals surface area contributed by atoms with Gasteiger partial charge in [-0.3, -0.25) is 0 Å². The van der Waals surface area contributed by atoms with Crippen LogP contribution in [0.2, 0.25) is 0 Å². The summed E-state index contributed by atoms with van der Waals surface area (Å²) in [6.07, 6.45) is 1.87. The minimum Gasteiger partial charge on any atom is -0.491 e. The van der Waals surface area contributed by atoms with Gasteiger partial charge in [-0.2, -0.15) is 0 Å². The normalized spacial score (nSPS) is 15.4. The van der Waals surface area contributed by atoms with Crippen LogP contribution in [0.4, 0.5) is 0 Å². The third-order valence-corrected chi connectivity index (χ3v) is 3.33. The van der Waals surface area contributed by atoms with Gasteiger partial charge in [0.25, 0.3) is 0 Å². The van der Waals surface area contributed by atoms with Crippen molar-refractivity contribution in [1.82, 2.24) is 0 Å². The number of epoxide rings is 1. The molecule has 2 aromatic rings. The summed E-state index contributed by atoms with van der Waals surface area (Å²) in [6, 6.07) is 13.7. The molecule has 3 rings (SSSR count). The lowest BCUT2D eigenvalue weighted by molar-refractivity contribution is 0.0734. The summed E-state index contributed by atoms with van der Waals surface area (Å²) in [7, 11) is 0. The Labute approximate surface area is 140 Å². The number of hydrogen-bond acceptors (Lipinski definition) is 5. The Bertz CT molecular complexity index is 687. The Morgan fingerprint density at radius 3 is 2.25 bits per heavy atom. The van der Waals surface area contributed by atoms with Gasteiger partial charge in [0.15, 0.2) is 0 Å². The van der Waals surface area contributed by atoms with E-state index in [0.717, 1.165) is 6.61 Å². The zero-order valence-corrected chi connectivity index (χ0v) is 13.1. The fourth-order valence-electron chi connectivity index (χ4n) is 1.97. The lowest BCUT2D eigenvalue weighted by atomic mass is 10.2. The van der Waals surface area contributed by atoms with Crippen molar-refractivity contribution < 1.29 is 23.7 Å². The van der Waals surface area contributed by atoms with Crippen molar-refractivity contribution in [1.29, 1.82) is 0 Å². The lowest BCUT2D eigenvalue weighted by Crippen LogP contribution is -2.09. The van der Waals surface area contributed by atoms with E-state index in [0.29, 0.717) is 36.0 Å². The van der Waals surface area contributed by atoms with Gasteiger partial charge < -0.3 is 18.9 Å². The summed E-state index contributed by atoms with van der Waals surface area (Å²) in [4.78, 5) is 12.1. The second-order valence-electron chi connectivity index (χ2n) is 5.25. The molecule has 2 aromatic carbocycles. The summed E-state index contributed by atoms with van der Waals surface area (Å²) in [5, 5.41) is 0. The molecule has 5 nitrogen and oxygen atoms in total. The Balaban J connectivity index is 1.54. The van der Waals surface area contributed by atoms with E-state index in [-0.39, 0.29) is 6.10 Å². The molecule has 1 aliphatic heterocycles. The van der Waals surface area contributed by atoms with Crippen LogP contribution in [0.1, 0.15) is 10.4 Å². The van der Waals surface area contributed by atoms with Crippen LogP contribution in [0.5, 0.6) is 17.2 Å². The largest absolute Gasteiger partial charge is 0.491 e. The highest BCUT2D eigenvalue weighted by Crippen LogP contribution is 2.20. The Morgan fingerprint density at radius 1 is 1.04 bits per heavy atom. The number of hydrogen-bond donors (Lipinski definition) is 0. The molecule has 1 aliphatic rings. The highest BCUT2D eigenvalue weighted by Gasteiger charge is 2.23. The smallest absolute Gasteiger partial charge is 0.343 e. The van der Waals surface area contributed by atoms with E-state index in [4.69, 9.17) is 18.9 Å². The zero-order chi connectivity index (χ0) is 16.8. The van der Waals surface area contributed by atoms with Crippen molar-refractivity contribution in [3.63, 3.8) is 0 Å². The van der Waals surface area contributed by atoms with Gasteiger partial charge in [-0.1, -0.05) is 12.7 Å².